The summed E-state index contributed by atoms with van der Waals surface area (Å²) in [6, 6.07) is 2.79. The van der Waals surface area contributed by atoms with E-state index in [2.05, 4.69) is 0 Å². The lowest BCUT2D eigenvalue weighted by Crippen LogP contribution is -2.41. The minimum atomic E-state index is -4.36. The van der Waals surface area contributed by atoms with E-state index in [0.717, 1.165) is 18.2 Å². The molecule has 0 saturated carbocycles. The molecule has 1 amide bonds. The van der Waals surface area contributed by atoms with Crippen molar-refractivity contribution >= 4 is 17.3 Å². The maximum atomic E-state index is 12.6. The van der Waals surface area contributed by atoms with Crippen molar-refractivity contribution in [3.63, 3.8) is 0 Å². The number of halogens is 4. The number of benzene rings is 1. The Bertz CT molecular complexity index is 536. The van der Waals surface area contributed by atoms with E-state index in [4.69, 9.17) is 5.73 Å². The second-order valence-electron chi connectivity index (χ2n) is 3.78. The van der Waals surface area contributed by atoms with Crippen molar-refractivity contribution in [1.29, 1.82) is 0 Å². The number of amides is 1. The average molecular weight is 295 g/mol. The minimum absolute atomic E-state index is 0.252. The Hall–Kier alpha value is -2.39. The van der Waals surface area contributed by atoms with Gasteiger partial charge in [-0.05, 0) is 12.1 Å². The van der Waals surface area contributed by atoms with Gasteiger partial charge in [-0.3, -0.25) is 14.9 Å². The number of alkyl halides is 4. The van der Waals surface area contributed by atoms with Gasteiger partial charge in [-0.15, -0.1) is 0 Å². The molecule has 0 aromatic heterocycles. The van der Waals surface area contributed by atoms with Crippen LogP contribution in [0, 0.1) is 10.1 Å². The fraction of sp³-hybridized carbons (Fsp3) is 0.300. The first-order valence-corrected chi connectivity index (χ1v) is 5.13. The topological polar surface area (TPSA) is 98.3 Å². The van der Waals surface area contributed by atoms with Gasteiger partial charge in [0.05, 0.1) is 11.5 Å². The highest BCUT2D eigenvalue weighted by Crippen LogP contribution is 2.23. The summed E-state index contributed by atoms with van der Waals surface area (Å²) >= 11 is 0. The number of nitrogens with one attached hydrogen (secondary N) is 1. The third kappa shape index (κ3) is 3.56. The number of hydrogen-bond acceptors (Lipinski definition) is 4. The Labute approximate surface area is 109 Å². The number of carbonyl (C=O) groups is 1. The smallest absolute Gasteiger partial charge is 0.324 e. The molecule has 0 radical (unpaired) electrons. The molecular formula is C10H9F4N3O3. The van der Waals surface area contributed by atoms with E-state index in [1.807, 2.05) is 0 Å². The van der Waals surface area contributed by atoms with E-state index in [1.54, 1.807) is 5.32 Å². The summed E-state index contributed by atoms with van der Waals surface area (Å²) in [4.78, 5) is 21.1. The van der Waals surface area contributed by atoms with E-state index in [0.29, 0.717) is 0 Å². The number of carbonyl (C=O) groups excluding carboxylic acids is 1. The summed E-state index contributed by atoms with van der Waals surface area (Å²) in [5, 5.41) is 12.1. The second kappa shape index (κ2) is 5.72. The van der Waals surface area contributed by atoms with Crippen molar-refractivity contribution in [2.45, 2.75) is 12.3 Å². The standard InChI is InChI=1S/C10H9F4N3O3/c11-9(12)10(13,14)4-16-8(18)5-1-2-7(17(19)20)6(15)3-5/h1-3,9H,4,15H2,(H,16,18). The van der Waals surface area contributed by atoms with E-state index < -0.39 is 35.4 Å². The lowest BCUT2D eigenvalue weighted by molar-refractivity contribution is -0.383. The Kier molecular flexibility index (Phi) is 4.48. The molecule has 1 aromatic carbocycles. The van der Waals surface area contributed by atoms with Crippen LogP contribution < -0.4 is 11.1 Å². The molecule has 0 fully saturated rings. The molecule has 0 aliphatic rings. The van der Waals surface area contributed by atoms with E-state index in [1.165, 1.54) is 0 Å². The Morgan fingerprint density at radius 3 is 2.50 bits per heavy atom. The van der Waals surface area contributed by atoms with Crippen molar-refractivity contribution in [3.8, 4) is 0 Å². The number of nitrogens with two attached hydrogens (primary N) is 1. The Balaban J connectivity index is 2.79. The van der Waals surface area contributed by atoms with Crippen LogP contribution in [0.1, 0.15) is 10.4 Å². The Morgan fingerprint density at radius 2 is 2.05 bits per heavy atom. The van der Waals surface area contributed by atoms with Crippen LogP contribution in [-0.2, 0) is 0 Å². The van der Waals surface area contributed by atoms with Crippen LogP contribution in [-0.4, -0.2) is 29.7 Å². The number of hydrogen-bond donors (Lipinski definition) is 2. The highest BCUT2D eigenvalue weighted by molar-refractivity contribution is 5.95. The van der Waals surface area contributed by atoms with Crippen LogP contribution in [0.25, 0.3) is 0 Å². The third-order valence-electron chi connectivity index (χ3n) is 2.29. The molecule has 0 bridgehead atoms. The van der Waals surface area contributed by atoms with E-state index in [-0.39, 0.29) is 11.3 Å². The summed E-state index contributed by atoms with van der Waals surface area (Å²) in [5.74, 6) is -5.45. The zero-order valence-corrected chi connectivity index (χ0v) is 9.78. The molecule has 1 aromatic rings. The molecule has 3 N–H and O–H groups in total. The minimum Gasteiger partial charge on any atom is -0.393 e. The number of nitro benzene ring substituents is 1. The number of nitrogen functional groups attached to an aromatic ring is 1. The van der Waals surface area contributed by atoms with Crippen molar-refractivity contribution in [1.82, 2.24) is 5.32 Å². The lowest BCUT2D eigenvalue weighted by atomic mass is 10.1. The van der Waals surface area contributed by atoms with E-state index in [9.17, 15) is 32.5 Å². The molecule has 6 nitrogen and oxygen atoms in total. The molecular weight excluding hydrogens is 286 g/mol. The zero-order valence-electron chi connectivity index (χ0n) is 9.78. The molecule has 0 heterocycles. The quantitative estimate of drug-likeness (QED) is 0.374. The normalized spacial score (nSPS) is 11.4. The van der Waals surface area contributed by atoms with Crippen LogP contribution in [0.5, 0.6) is 0 Å². The molecule has 0 unspecified atom stereocenters. The molecule has 0 saturated heterocycles. The second-order valence-corrected chi connectivity index (χ2v) is 3.78. The van der Waals surface area contributed by atoms with Gasteiger partial charge < -0.3 is 11.1 Å². The summed E-state index contributed by atoms with van der Waals surface area (Å²) in [5.41, 5.74) is 4.25. The number of anilines is 1. The average Bonchev–Trinajstić information content (AvgIpc) is 2.35. The van der Waals surface area contributed by atoms with Crippen LogP contribution >= 0.6 is 0 Å². The molecule has 0 atom stereocenters. The first kappa shape index (κ1) is 15.7. The summed E-state index contributed by atoms with van der Waals surface area (Å²) < 4.78 is 48.9. The summed E-state index contributed by atoms with van der Waals surface area (Å²) in [7, 11) is 0. The van der Waals surface area contributed by atoms with E-state index >= 15 is 0 Å². The molecule has 10 heteroatoms. The van der Waals surface area contributed by atoms with Crippen LogP contribution in [0.4, 0.5) is 28.9 Å². The van der Waals surface area contributed by atoms with Gasteiger partial charge in [0.25, 0.3) is 11.6 Å². The van der Waals surface area contributed by atoms with Gasteiger partial charge in [0.2, 0.25) is 0 Å². The number of nitrogens with zero attached hydrogens (tertiary/aromatic N) is 1. The molecule has 0 spiro atoms. The monoisotopic (exact) mass is 295 g/mol. The predicted molar refractivity (Wildman–Crippen MR) is 60.8 cm³/mol. The summed E-state index contributed by atoms with van der Waals surface area (Å²) in [6.45, 7) is -1.56. The molecule has 20 heavy (non-hydrogen) atoms. The highest BCUT2D eigenvalue weighted by Gasteiger charge is 2.40. The van der Waals surface area contributed by atoms with Gasteiger partial charge in [-0.2, -0.15) is 8.78 Å². The Morgan fingerprint density at radius 1 is 1.45 bits per heavy atom. The molecule has 110 valence electrons. The van der Waals surface area contributed by atoms with Gasteiger partial charge in [-0.1, -0.05) is 0 Å². The predicted octanol–water partition coefficient (Wildman–Crippen LogP) is 1.81. The van der Waals surface area contributed by atoms with Crippen molar-refractivity contribution in [2.75, 3.05) is 12.3 Å². The van der Waals surface area contributed by atoms with Crippen LogP contribution in [0.15, 0.2) is 18.2 Å². The first-order valence-electron chi connectivity index (χ1n) is 5.13. The van der Waals surface area contributed by atoms with Gasteiger partial charge in [0.1, 0.15) is 5.69 Å². The van der Waals surface area contributed by atoms with Gasteiger partial charge in [0.15, 0.2) is 0 Å². The van der Waals surface area contributed by atoms with Gasteiger partial charge in [0, 0.05) is 11.6 Å². The number of nitro groups is 1. The van der Waals surface area contributed by atoms with Crippen LogP contribution in [0.3, 0.4) is 0 Å². The summed E-state index contributed by atoms with van der Waals surface area (Å²) in [6.07, 6.45) is -3.91. The fourth-order valence-electron chi connectivity index (χ4n) is 1.24. The number of rotatable bonds is 5. The maximum Gasteiger partial charge on any atom is 0.324 e. The highest BCUT2D eigenvalue weighted by atomic mass is 19.3. The van der Waals surface area contributed by atoms with Crippen molar-refractivity contribution < 1.29 is 27.3 Å². The largest absolute Gasteiger partial charge is 0.393 e. The fourth-order valence-corrected chi connectivity index (χ4v) is 1.24. The first-order chi connectivity index (χ1) is 9.15. The maximum absolute atomic E-state index is 12.6. The lowest BCUT2D eigenvalue weighted by Gasteiger charge is -2.15. The molecule has 1 rings (SSSR count). The molecule has 0 aliphatic heterocycles. The van der Waals surface area contributed by atoms with Crippen LogP contribution in [0.2, 0.25) is 0 Å². The van der Waals surface area contributed by atoms with Crippen molar-refractivity contribution in [3.05, 3.63) is 33.9 Å². The third-order valence-corrected chi connectivity index (χ3v) is 2.29. The van der Waals surface area contributed by atoms with Gasteiger partial charge in [-0.25, -0.2) is 8.78 Å². The SMILES string of the molecule is Nc1cc(C(=O)NCC(F)(F)C(F)F)ccc1[N+](=O)[O-]. The van der Waals surface area contributed by atoms with Gasteiger partial charge >= 0.3 is 12.3 Å². The molecule has 0 aliphatic carbocycles. The van der Waals surface area contributed by atoms with Crippen molar-refractivity contribution in [2.24, 2.45) is 0 Å². The zero-order chi connectivity index (χ0) is 15.5.